The van der Waals surface area contributed by atoms with Crippen LogP contribution < -0.4 is 5.32 Å². The van der Waals surface area contributed by atoms with Gasteiger partial charge in [0.25, 0.3) is 0 Å². The van der Waals surface area contributed by atoms with Gasteiger partial charge in [0.15, 0.2) is 0 Å². The summed E-state index contributed by atoms with van der Waals surface area (Å²) in [6, 6.07) is 0. The molecule has 1 fully saturated rings. The van der Waals surface area contributed by atoms with Crippen LogP contribution in [0.4, 0.5) is 5.95 Å². The van der Waals surface area contributed by atoms with Crippen molar-refractivity contribution in [1.29, 1.82) is 0 Å². The van der Waals surface area contributed by atoms with Crippen molar-refractivity contribution in [3.8, 4) is 0 Å². The minimum absolute atomic E-state index is 0.778. The van der Waals surface area contributed by atoms with E-state index in [2.05, 4.69) is 21.4 Å². The maximum Gasteiger partial charge on any atom is 0.203 e. The third-order valence-corrected chi connectivity index (χ3v) is 3.12. The lowest BCUT2D eigenvalue weighted by Gasteiger charge is -2.25. The van der Waals surface area contributed by atoms with E-state index in [9.17, 15) is 0 Å². The second-order valence-corrected chi connectivity index (χ2v) is 4.20. The molecule has 0 aromatic carbocycles. The van der Waals surface area contributed by atoms with Gasteiger partial charge in [-0.2, -0.15) is 0 Å². The lowest BCUT2D eigenvalue weighted by molar-refractivity contribution is 0.283. The molecule has 1 heterocycles. The van der Waals surface area contributed by atoms with Gasteiger partial charge in [-0.25, -0.2) is 4.98 Å². The number of nitrogens with one attached hydrogen (secondary N) is 1. The smallest absolute Gasteiger partial charge is 0.203 e. The molecule has 1 aliphatic rings. The van der Waals surface area contributed by atoms with Gasteiger partial charge in [0.05, 0.1) is 0 Å². The van der Waals surface area contributed by atoms with Crippen molar-refractivity contribution in [2.75, 3.05) is 11.9 Å². The molecular formula is C12H19N3. The van der Waals surface area contributed by atoms with E-state index in [1.165, 1.54) is 25.7 Å². The molecule has 0 saturated heterocycles. The summed E-state index contributed by atoms with van der Waals surface area (Å²) < 4.78 is 2.20. The SMILES string of the molecule is C=CCNc1nccn1CCC1CCC1. The summed E-state index contributed by atoms with van der Waals surface area (Å²) in [4.78, 5) is 4.28. The van der Waals surface area contributed by atoms with Gasteiger partial charge in [-0.15, -0.1) is 6.58 Å². The van der Waals surface area contributed by atoms with E-state index in [1.807, 2.05) is 18.5 Å². The third-order valence-electron chi connectivity index (χ3n) is 3.12. The van der Waals surface area contributed by atoms with Crippen LogP contribution in [0.1, 0.15) is 25.7 Å². The summed E-state index contributed by atoms with van der Waals surface area (Å²) in [7, 11) is 0. The van der Waals surface area contributed by atoms with Gasteiger partial charge in [0, 0.05) is 25.5 Å². The van der Waals surface area contributed by atoms with E-state index in [-0.39, 0.29) is 0 Å². The Kier molecular flexibility index (Phi) is 3.43. The van der Waals surface area contributed by atoms with Crippen LogP contribution in [0.2, 0.25) is 0 Å². The highest BCUT2D eigenvalue weighted by atomic mass is 15.2. The van der Waals surface area contributed by atoms with Gasteiger partial charge < -0.3 is 9.88 Å². The second kappa shape index (κ2) is 5.01. The Morgan fingerprint density at radius 2 is 2.47 bits per heavy atom. The lowest BCUT2D eigenvalue weighted by atomic mass is 9.83. The number of nitrogens with zero attached hydrogens (tertiary/aromatic N) is 2. The lowest BCUT2D eigenvalue weighted by Crippen LogP contribution is -2.15. The van der Waals surface area contributed by atoms with Gasteiger partial charge in [-0.1, -0.05) is 25.3 Å². The number of rotatable bonds is 6. The molecule has 82 valence electrons. The molecule has 1 N–H and O–H groups in total. The zero-order chi connectivity index (χ0) is 10.5. The summed E-state index contributed by atoms with van der Waals surface area (Å²) in [6.07, 6.45) is 11.3. The summed E-state index contributed by atoms with van der Waals surface area (Å²) in [5.74, 6) is 1.92. The average Bonchev–Trinajstić information content (AvgIpc) is 2.60. The van der Waals surface area contributed by atoms with Crippen LogP contribution in [0, 0.1) is 5.92 Å². The Morgan fingerprint density at radius 1 is 1.60 bits per heavy atom. The van der Waals surface area contributed by atoms with Crippen LogP contribution in [0.15, 0.2) is 25.0 Å². The molecule has 0 aliphatic heterocycles. The topological polar surface area (TPSA) is 29.9 Å². The standard InChI is InChI=1S/C12H19N3/c1-2-7-13-12-14-8-10-15(12)9-6-11-4-3-5-11/h2,8,10-11H,1,3-7,9H2,(H,13,14). The first-order chi connectivity index (χ1) is 7.40. The van der Waals surface area contributed by atoms with E-state index < -0.39 is 0 Å². The van der Waals surface area contributed by atoms with Gasteiger partial charge in [-0.3, -0.25) is 0 Å². The fourth-order valence-corrected chi connectivity index (χ4v) is 1.92. The fourth-order valence-electron chi connectivity index (χ4n) is 1.92. The van der Waals surface area contributed by atoms with Crippen LogP contribution in [-0.2, 0) is 6.54 Å². The molecule has 0 radical (unpaired) electrons. The van der Waals surface area contributed by atoms with Crippen molar-refractivity contribution in [3.63, 3.8) is 0 Å². The van der Waals surface area contributed by atoms with E-state index in [1.54, 1.807) is 0 Å². The molecule has 1 aliphatic carbocycles. The minimum Gasteiger partial charge on any atom is -0.352 e. The predicted molar refractivity (Wildman–Crippen MR) is 62.9 cm³/mol. The molecule has 15 heavy (non-hydrogen) atoms. The van der Waals surface area contributed by atoms with Gasteiger partial charge in [-0.05, 0) is 12.3 Å². The van der Waals surface area contributed by atoms with E-state index in [4.69, 9.17) is 0 Å². The highest BCUT2D eigenvalue weighted by Gasteiger charge is 2.17. The van der Waals surface area contributed by atoms with Crippen LogP contribution in [-0.4, -0.2) is 16.1 Å². The normalized spacial score (nSPS) is 16.0. The molecule has 1 saturated carbocycles. The first-order valence-electron chi connectivity index (χ1n) is 5.76. The first-order valence-corrected chi connectivity index (χ1v) is 5.76. The minimum atomic E-state index is 0.778. The predicted octanol–water partition coefficient (Wildman–Crippen LogP) is 2.67. The van der Waals surface area contributed by atoms with Crippen LogP contribution in [0.5, 0.6) is 0 Å². The Balaban J connectivity index is 1.83. The fraction of sp³-hybridized carbons (Fsp3) is 0.583. The largest absolute Gasteiger partial charge is 0.352 e. The number of anilines is 1. The van der Waals surface area contributed by atoms with Gasteiger partial charge >= 0.3 is 0 Å². The van der Waals surface area contributed by atoms with Crippen molar-refractivity contribution < 1.29 is 0 Å². The number of hydrogen-bond acceptors (Lipinski definition) is 2. The van der Waals surface area contributed by atoms with Crippen LogP contribution >= 0.6 is 0 Å². The van der Waals surface area contributed by atoms with Crippen molar-refractivity contribution in [2.45, 2.75) is 32.2 Å². The molecule has 2 rings (SSSR count). The Bertz CT molecular complexity index is 312. The van der Waals surface area contributed by atoms with Crippen molar-refractivity contribution in [2.24, 2.45) is 5.92 Å². The molecular weight excluding hydrogens is 186 g/mol. The van der Waals surface area contributed by atoms with Crippen molar-refractivity contribution in [3.05, 3.63) is 25.0 Å². The molecule has 3 nitrogen and oxygen atoms in total. The van der Waals surface area contributed by atoms with E-state index in [0.717, 1.165) is 25.0 Å². The molecule has 0 spiro atoms. The second-order valence-electron chi connectivity index (χ2n) is 4.20. The maximum absolute atomic E-state index is 4.28. The molecule has 1 aromatic rings. The maximum atomic E-state index is 4.28. The molecule has 1 aromatic heterocycles. The number of aryl methyl sites for hydroxylation is 1. The van der Waals surface area contributed by atoms with Crippen molar-refractivity contribution >= 4 is 5.95 Å². The van der Waals surface area contributed by atoms with Crippen molar-refractivity contribution in [1.82, 2.24) is 9.55 Å². The highest BCUT2D eigenvalue weighted by Crippen LogP contribution is 2.29. The summed E-state index contributed by atoms with van der Waals surface area (Å²) >= 11 is 0. The monoisotopic (exact) mass is 205 g/mol. The molecule has 0 bridgehead atoms. The number of aromatic nitrogens is 2. The summed E-state index contributed by atoms with van der Waals surface area (Å²) in [5, 5.41) is 3.24. The summed E-state index contributed by atoms with van der Waals surface area (Å²) in [5.41, 5.74) is 0. The quantitative estimate of drug-likeness (QED) is 0.724. The summed E-state index contributed by atoms with van der Waals surface area (Å²) in [6.45, 7) is 5.55. The zero-order valence-electron chi connectivity index (χ0n) is 9.15. The molecule has 3 heteroatoms. The number of imidazole rings is 1. The molecule has 0 unspecified atom stereocenters. The molecule has 0 atom stereocenters. The average molecular weight is 205 g/mol. The van der Waals surface area contributed by atoms with Gasteiger partial charge in [0.2, 0.25) is 5.95 Å². The van der Waals surface area contributed by atoms with Crippen LogP contribution in [0.25, 0.3) is 0 Å². The Labute approximate surface area is 91.2 Å². The highest BCUT2D eigenvalue weighted by molar-refractivity contribution is 5.26. The van der Waals surface area contributed by atoms with E-state index in [0.29, 0.717) is 0 Å². The number of hydrogen-bond donors (Lipinski definition) is 1. The zero-order valence-corrected chi connectivity index (χ0v) is 9.15. The van der Waals surface area contributed by atoms with E-state index >= 15 is 0 Å². The first kappa shape index (κ1) is 10.3. The van der Waals surface area contributed by atoms with Crippen LogP contribution in [0.3, 0.4) is 0 Å². The Morgan fingerprint density at radius 3 is 3.13 bits per heavy atom. The Hall–Kier alpha value is -1.25. The van der Waals surface area contributed by atoms with Gasteiger partial charge in [0.1, 0.15) is 0 Å². The third kappa shape index (κ3) is 2.61. The molecule has 0 amide bonds.